The van der Waals surface area contributed by atoms with Crippen LogP contribution >= 0.6 is 12.2 Å². The van der Waals surface area contributed by atoms with E-state index in [1.165, 1.54) is 0 Å². The van der Waals surface area contributed by atoms with Crippen molar-refractivity contribution in [2.24, 2.45) is 11.1 Å². The van der Waals surface area contributed by atoms with Crippen LogP contribution in [0.15, 0.2) is 0 Å². The summed E-state index contributed by atoms with van der Waals surface area (Å²) in [4.78, 5) is 12.7. The monoisotopic (exact) mass is 272 g/mol. The Hall–Kier alpha value is -0.680. The number of methoxy groups -OCH3 is 1. The first-order chi connectivity index (χ1) is 8.34. The van der Waals surface area contributed by atoms with E-state index >= 15 is 0 Å². The lowest BCUT2D eigenvalue weighted by Crippen LogP contribution is -2.52. The molecule has 0 bridgehead atoms. The van der Waals surface area contributed by atoms with E-state index in [2.05, 4.69) is 5.32 Å². The highest BCUT2D eigenvalue weighted by Crippen LogP contribution is 2.37. The molecule has 0 aromatic rings. The van der Waals surface area contributed by atoms with Crippen LogP contribution in [0.5, 0.6) is 0 Å². The third kappa shape index (κ3) is 3.42. The molecule has 1 rings (SSSR count). The van der Waals surface area contributed by atoms with Crippen LogP contribution in [0.3, 0.4) is 0 Å². The molecule has 1 amide bonds. The van der Waals surface area contributed by atoms with Gasteiger partial charge in [-0.2, -0.15) is 0 Å². The van der Waals surface area contributed by atoms with E-state index in [9.17, 15) is 4.79 Å². The van der Waals surface area contributed by atoms with Crippen molar-refractivity contribution < 1.29 is 9.53 Å². The molecule has 0 unspecified atom stereocenters. The van der Waals surface area contributed by atoms with Crippen molar-refractivity contribution in [1.82, 2.24) is 5.32 Å². The average Bonchev–Trinajstić information content (AvgIpc) is 2.36. The fraction of sp³-hybridized carbons (Fsp3) is 0.846. The highest BCUT2D eigenvalue weighted by molar-refractivity contribution is 7.80. The summed E-state index contributed by atoms with van der Waals surface area (Å²) in [7, 11) is 1.64. The summed E-state index contributed by atoms with van der Waals surface area (Å²) < 4.78 is 5.29. The van der Waals surface area contributed by atoms with Crippen LogP contribution in [0.4, 0.5) is 0 Å². The second-order valence-corrected chi connectivity index (χ2v) is 6.09. The highest BCUT2D eigenvalue weighted by atomic mass is 32.1. The number of hydrogen-bond acceptors (Lipinski definition) is 3. The molecular weight excluding hydrogens is 248 g/mol. The van der Waals surface area contributed by atoms with Gasteiger partial charge in [0.1, 0.15) is 0 Å². The van der Waals surface area contributed by atoms with Crippen molar-refractivity contribution in [3.63, 3.8) is 0 Å². The van der Waals surface area contributed by atoms with Gasteiger partial charge in [0.25, 0.3) is 0 Å². The molecule has 0 aromatic carbocycles. The first kappa shape index (κ1) is 15.4. The van der Waals surface area contributed by atoms with Crippen molar-refractivity contribution >= 4 is 23.1 Å². The van der Waals surface area contributed by atoms with Crippen molar-refractivity contribution in [2.45, 2.75) is 51.6 Å². The maximum absolute atomic E-state index is 12.4. The van der Waals surface area contributed by atoms with Crippen molar-refractivity contribution in [1.29, 1.82) is 0 Å². The molecule has 104 valence electrons. The van der Waals surface area contributed by atoms with Gasteiger partial charge in [0.05, 0.1) is 16.0 Å². The molecule has 0 spiro atoms. The molecule has 0 atom stereocenters. The second-order valence-electron chi connectivity index (χ2n) is 5.65. The summed E-state index contributed by atoms with van der Waals surface area (Å²) in [6.45, 7) is 4.33. The zero-order chi connectivity index (χ0) is 13.8. The van der Waals surface area contributed by atoms with E-state index < -0.39 is 5.41 Å². The number of amides is 1. The van der Waals surface area contributed by atoms with Gasteiger partial charge in [-0.1, -0.05) is 31.5 Å². The largest absolute Gasteiger partial charge is 0.392 e. The molecule has 0 aromatic heterocycles. The van der Waals surface area contributed by atoms with Crippen LogP contribution in [0.25, 0.3) is 0 Å². The van der Waals surface area contributed by atoms with Gasteiger partial charge < -0.3 is 15.8 Å². The zero-order valence-corrected chi connectivity index (χ0v) is 12.4. The standard InChI is InChI=1S/C13H24N2O2S/c1-12(2,17-3)9-15-11(16)13(10(14)18)7-5-4-6-8-13/h4-9H2,1-3H3,(H2,14,18)(H,15,16). The van der Waals surface area contributed by atoms with Gasteiger partial charge in [-0.05, 0) is 26.7 Å². The first-order valence-corrected chi connectivity index (χ1v) is 6.88. The van der Waals surface area contributed by atoms with Gasteiger partial charge >= 0.3 is 0 Å². The van der Waals surface area contributed by atoms with Crippen LogP contribution < -0.4 is 11.1 Å². The Balaban J connectivity index is 2.69. The number of nitrogens with one attached hydrogen (secondary N) is 1. The smallest absolute Gasteiger partial charge is 0.233 e. The molecule has 4 nitrogen and oxygen atoms in total. The van der Waals surface area contributed by atoms with Crippen LogP contribution in [0.2, 0.25) is 0 Å². The molecular formula is C13H24N2O2S. The Morgan fingerprint density at radius 1 is 1.39 bits per heavy atom. The third-order valence-electron chi connectivity index (χ3n) is 3.84. The van der Waals surface area contributed by atoms with Crippen LogP contribution in [-0.2, 0) is 9.53 Å². The van der Waals surface area contributed by atoms with Gasteiger partial charge in [0.2, 0.25) is 5.91 Å². The lowest BCUT2D eigenvalue weighted by molar-refractivity contribution is -0.130. The molecule has 1 saturated carbocycles. The number of carbonyl (C=O) groups is 1. The van der Waals surface area contributed by atoms with E-state index in [1.54, 1.807) is 7.11 Å². The summed E-state index contributed by atoms with van der Waals surface area (Å²) >= 11 is 5.13. The molecule has 5 heteroatoms. The van der Waals surface area contributed by atoms with Gasteiger partial charge in [-0.25, -0.2) is 0 Å². The van der Waals surface area contributed by atoms with Gasteiger partial charge in [-0.15, -0.1) is 0 Å². The van der Waals surface area contributed by atoms with Gasteiger partial charge in [0, 0.05) is 13.7 Å². The lowest BCUT2D eigenvalue weighted by Gasteiger charge is -2.36. The number of carbonyl (C=O) groups excluding carboxylic acids is 1. The normalized spacial score (nSPS) is 19.3. The van der Waals surface area contributed by atoms with E-state index in [1.807, 2.05) is 13.8 Å². The van der Waals surface area contributed by atoms with Crippen molar-refractivity contribution in [3.05, 3.63) is 0 Å². The highest BCUT2D eigenvalue weighted by Gasteiger charge is 2.42. The van der Waals surface area contributed by atoms with Gasteiger partial charge in [-0.3, -0.25) is 4.79 Å². The van der Waals surface area contributed by atoms with Crippen LogP contribution in [-0.4, -0.2) is 30.2 Å². The second kappa shape index (κ2) is 5.97. The maximum Gasteiger partial charge on any atom is 0.233 e. The van der Waals surface area contributed by atoms with Crippen LogP contribution in [0, 0.1) is 5.41 Å². The van der Waals surface area contributed by atoms with E-state index in [0.717, 1.165) is 32.1 Å². The maximum atomic E-state index is 12.4. The average molecular weight is 272 g/mol. The third-order valence-corrected chi connectivity index (χ3v) is 4.23. The summed E-state index contributed by atoms with van der Waals surface area (Å²) in [6.07, 6.45) is 4.71. The SMILES string of the molecule is COC(C)(C)CNC(=O)C1(C(N)=S)CCCCC1. The molecule has 0 saturated heterocycles. The minimum absolute atomic E-state index is 0.0418. The van der Waals surface area contributed by atoms with Crippen molar-refractivity contribution in [2.75, 3.05) is 13.7 Å². The Labute approximate surface area is 115 Å². The predicted octanol–water partition coefficient (Wildman–Crippen LogP) is 1.76. The number of ether oxygens (including phenoxy) is 1. The summed E-state index contributed by atoms with van der Waals surface area (Å²) in [5.41, 5.74) is 4.80. The van der Waals surface area contributed by atoms with E-state index in [4.69, 9.17) is 22.7 Å². The molecule has 0 radical (unpaired) electrons. The molecule has 1 aliphatic carbocycles. The molecule has 0 heterocycles. The fourth-order valence-electron chi connectivity index (χ4n) is 2.28. The Kier molecular flexibility index (Phi) is 5.10. The van der Waals surface area contributed by atoms with E-state index in [-0.39, 0.29) is 11.5 Å². The molecule has 3 N–H and O–H groups in total. The molecule has 1 aliphatic rings. The minimum atomic E-state index is -0.641. The summed E-state index contributed by atoms with van der Waals surface area (Å²) in [5, 5.41) is 2.93. The number of thiocarbonyl (C=S) groups is 1. The Morgan fingerprint density at radius 3 is 2.39 bits per heavy atom. The predicted molar refractivity (Wildman–Crippen MR) is 76.4 cm³/mol. The number of hydrogen-bond donors (Lipinski definition) is 2. The summed E-state index contributed by atoms with van der Waals surface area (Å²) in [6, 6.07) is 0. The summed E-state index contributed by atoms with van der Waals surface area (Å²) in [5.74, 6) is -0.0418. The Bertz CT molecular complexity index is 323. The molecule has 18 heavy (non-hydrogen) atoms. The van der Waals surface area contributed by atoms with E-state index in [0.29, 0.717) is 11.5 Å². The zero-order valence-electron chi connectivity index (χ0n) is 11.5. The minimum Gasteiger partial charge on any atom is -0.392 e. The number of nitrogens with two attached hydrogens (primary N) is 1. The Morgan fingerprint density at radius 2 is 1.94 bits per heavy atom. The number of rotatable bonds is 5. The fourth-order valence-corrected chi connectivity index (χ4v) is 2.57. The topological polar surface area (TPSA) is 64.3 Å². The van der Waals surface area contributed by atoms with Crippen LogP contribution in [0.1, 0.15) is 46.0 Å². The van der Waals surface area contributed by atoms with Gasteiger partial charge in [0.15, 0.2) is 0 Å². The van der Waals surface area contributed by atoms with Crippen molar-refractivity contribution in [3.8, 4) is 0 Å². The lowest BCUT2D eigenvalue weighted by atomic mass is 9.73. The molecule has 0 aliphatic heterocycles. The molecule has 1 fully saturated rings. The quantitative estimate of drug-likeness (QED) is 0.749. The first-order valence-electron chi connectivity index (χ1n) is 6.47.